The van der Waals surface area contributed by atoms with Gasteiger partial charge in [-0.2, -0.15) is 0 Å². The Morgan fingerprint density at radius 3 is 2.02 bits per heavy atom. The summed E-state index contributed by atoms with van der Waals surface area (Å²) in [6.07, 6.45) is 8.60. The molecule has 0 aromatic carbocycles. The summed E-state index contributed by atoms with van der Waals surface area (Å²) >= 11 is 0. The van der Waals surface area contributed by atoms with Gasteiger partial charge in [-0.1, -0.05) is 110 Å². The first-order valence-electron chi connectivity index (χ1n) is 20.3. The van der Waals surface area contributed by atoms with E-state index in [1.54, 1.807) is 10.8 Å². The summed E-state index contributed by atoms with van der Waals surface area (Å²) in [5.74, 6) is -1.26. The Hall–Kier alpha value is -2.09. The Kier molecular flexibility index (Phi) is 21.5. The fourth-order valence-electron chi connectivity index (χ4n) is 6.68. The van der Waals surface area contributed by atoms with E-state index < -0.39 is 34.5 Å². The van der Waals surface area contributed by atoms with Crippen molar-refractivity contribution in [3.05, 3.63) is 11.6 Å². The molecule has 54 heavy (non-hydrogen) atoms. The second-order valence-corrected chi connectivity index (χ2v) is 19.7. The minimum Gasteiger partial charge on any atom is -0.494 e. The summed E-state index contributed by atoms with van der Waals surface area (Å²) in [6, 6.07) is -0.526. The number of ether oxygens (including phenoxy) is 2. The first kappa shape index (κ1) is 49.9. The second kappa shape index (κ2) is 23.2. The third-order valence-electron chi connectivity index (χ3n) is 10.5. The van der Waals surface area contributed by atoms with Crippen molar-refractivity contribution in [1.29, 1.82) is 0 Å². The van der Waals surface area contributed by atoms with Gasteiger partial charge in [-0.15, -0.1) is 0 Å². The average molecular weight is 801 g/mol. The van der Waals surface area contributed by atoms with E-state index in [4.69, 9.17) is 15.2 Å². The van der Waals surface area contributed by atoms with Gasteiger partial charge in [0.1, 0.15) is 18.2 Å². The number of aromatic nitrogens is 1. The van der Waals surface area contributed by atoms with Gasteiger partial charge in [0.05, 0.1) is 5.60 Å². The van der Waals surface area contributed by atoms with Crippen LogP contribution in [0.1, 0.15) is 172 Å². The maximum absolute atomic E-state index is 14.0. The van der Waals surface area contributed by atoms with Gasteiger partial charge in [0.25, 0.3) is 0 Å². The van der Waals surface area contributed by atoms with E-state index in [0.717, 1.165) is 44.9 Å². The first-order chi connectivity index (χ1) is 25.2. The fraction of sp³-hybridized carbons (Fsp3) is 0.829. The predicted octanol–water partition coefficient (Wildman–Crippen LogP) is 8.68. The van der Waals surface area contributed by atoms with Gasteiger partial charge >= 0.3 is 5.97 Å². The minimum absolute atomic E-state index is 0.0519. The molecule has 0 bridgehead atoms. The van der Waals surface area contributed by atoms with Crippen LogP contribution in [0.5, 0.6) is 11.8 Å². The molecule has 0 radical (unpaired) electrons. The molecule has 13 heteroatoms. The molecule has 2 amide bonds. The summed E-state index contributed by atoms with van der Waals surface area (Å²) in [6.45, 7) is 24.7. The molecule has 0 saturated carbocycles. The lowest BCUT2D eigenvalue weighted by atomic mass is 9.76. The van der Waals surface area contributed by atoms with Gasteiger partial charge in [-0.3, -0.25) is 19.0 Å². The van der Waals surface area contributed by atoms with Gasteiger partial charge in [-0.05, 0) is 70.6 Å². The lowest BCUT2D eigenvalue weighted by molar-refractivity contribution is -0.151. The zero-order valence-electron chi connectivity index (χ0n) is 35.7. The molecule has 0 aliphatic rings. The molecule has 314 valence electrons. The van der Waals surface area contributed by atoms with Crippen molar-refractivity contribution in [3.63, 3.8) is 0 Å². The lowest BCUT2D eigenvalue weighted by Gasteiger charge is -2.35. The molecule has 1 heterocycles. The topological polar surface area (TPSA) is 165 Å². The van der Waals surface area contributed by atoms with E-state index in [2.05, 4.69) is 59.1 Å². The maximum Gasteiger partial charge on any atom is 0.306 e. The number of nitrogens with two attached hydrogens (primary N) is 1. The Morgan fingerprint density at radius 2 is 1.52 bits per heavy atom. The zero-order valence-corrected chi connectivity index (χ0v) is 37.3. The number of nitrogens with zero attached hydrogens (tertiary/aromatic N) is 1. The Morgan fingerprint density at radius 1 is 0.889 bits per heavy atom. The zero-order chi connectivity index (χ0) is 41.3. The highest BCUT2D eigenvalue weighted by Crippen LogP contribution is 2.44. The molecule has 0 spiro atoms. The Balaban J connectivity index is 3.18. The van der Waals surface area contributed by atoms with Crippen LogP contribution in [0.15, 0.2) is 6.07 Å². The van der Waals surface area contributed by atoms with Crippen molar-refractivity contribution < 1.29 is 34.1 Å². The van der Waals surface area contributed by atoms with Crippen LogP contribution < -0.4 is 16.4 Å². The van der Waals surface area contributed by atoms with E-state index in [9.17, 15) is 24.6 Å². The van der Waals surface area contributed by atoms with Crippen molar-refractivity contribution >= 4 is 39.4 Å². The van der Waals surface area contributed by atoms with Crippen LogP contribution in [0.3, 0.4) is 0 Å². The third-order valence-corrected chi connectivity index (χ3v) is 13.9. The average Bonchev–Trinajstić information content (AvgIpc) is 3.40. The van der Waals surface area contributed by atoms with E-state index in [-0.39, 0.29) is 53.2 Å². The first-order valence-corrected chi connectivity index (χ1v) is 22.6. The van der Waals surface area contributed by atoms with Crippen LogP contribution in [0.2, 0.25) is 0 Å². The SMILES string of the molecule is CCCC(CC)OC(=O)CCC(C)(CC)OCCC(C)(CC)NC(=O)C(CSSC(C)(C)C)NC(=O)C(CN)n1c(O)cc(C(C)(CCC)CCC)c1O. The smallest absolute Gasteiger partial charge is 0.306 e. The summed E-state index contributed by atoms with van der Waals surface area (Å²) in [5.41, 5.74) is 5.15. The van der Waals surface area contributed by atoms with Crippen molar-refractivity contribution in [2.24, 2.45) is 5.73 Å². The van der Waals surface area contributed by atoms with Gasteiger partial charge < -0.3 is 36.1 Å². The quantitative estimate of drug-likeness (QED) is 0.0430. The van der Waals surface area contributed by atoms with Crippen molar-refractivity contribution in [1.82, 2.24) is 15.2 Å². The normalized spacial score (nSPS) is 16.2. The molecular formula is C41H76N4O7S2. The third kappa shape index (κ3) is 15.8. The molecule has 1 aromatic heterocycles. The number of hydrogen-bond acceptors (Lipinski definition) is 10. The number of rotatable bonds is 27. The lowest BCUT2D eigenvalue weighted by Crippen LogP contribution is -2.56. The van der Waals surface area contributed by atoms with E-state index in [0.29, 0.717) is 37.9 Å². The summed E-state index contributed by atoms with van der Waals surface area (Å²) in [4.78, 5) is 40.6. The highest BCUT2D eigenvalue weighted by molar-refractivity contribution is 8.77. The summed E-state index contributed by atoms with van der Waals surface area (Å²) in [5, 5.41) is 28.6. The molecule has 0 fully saturated rings. The van der Waals surface area contributed by atoms with Crippen LogP contribution in [0.25, 0.3) is 0 Å². The minimum atomic E-state index is -1.14. The van der Waals surface area contributed by atoms with Crippen molar-refractivity contribution in [2.75, 3.05) is 18.9 Å². The van der Waals surface area contributed by atoms with Gasteiger partial charge in [0.15, 0.2) is 11.8 Å². The molecule has 6 N–H and O–H groups in total. The van der Waals surface area contributed by atoms with Crippen LogP contribution in [0.4, 0.5) is 0 Å². The van der Waals surface area contributed by atoms with Crippen molar-refractivity contribution in [2.45, 2.75) is 200 Å². The van der Waals surface area contributed by atoms with Crippen molar-refractivity contribution in [3.8, 4) is 11.8 Å². The summed E-state index contributed by atoms with van der Waals surface area (Å²) in [7, 11) is 3.11. The Labute approximate surface area is 335 Å². The van der Waals surface area contributed by atoms with Crippen LogP contribution >= 0.6 is 21.6 Å². The standard InChI is InChI=1S/C41H76N4O7S2/c1-13-19-29(16-4)52-34(47)20-23-41(12,18-6)51-25-24-40(11,17-5)44-35(48)31(28-53-54-38(7,8)9)43-36(49)32(27-42)45-33(46)26-30(37(45)50)39(10,21-14-2)22-15-3/h26,29,31-32,46,50H,13-25,27-28,42H2,1-12H3,(H,43,49)(H,44,48). The number of esters is 1. The number of aromatic hydroxyl groups is 2. The molecule has 5 unspecified atom stereocenters. The molecule has 1 rings (SSSR count). The molecular weight excluding hydrogens is 725 g/mol. The molecule has 0 saturated heterocycles. The van der Waals surface area contributed by atoms with Gasteiger partial charge in [0, 0.05) is 47.2 Å². The highest BCUT2D eigenvalue weighted by Gasteiger charge is 2.37. The molecule has 0 aliphatic carbocycles. The predicted molar refractivity (Wildman–Crippen MR) is 225 cm³/mol. The number of carbonyl (C=O) groups is 3. The van der Waals surface area contributed by atoms with Crippen LogP contribution in [-0.2, 0) is 29.3 Å². The summed E-state index contributed by atoms with van der Waals surface area (Å²) < 4.78 is 13.2. The number of amides is 2. The van der Waals surface area contributed by atoms with E-state index in [1.165, 1.54) is 21.4 Å². The van der Waals surface area contributed by atoms with Crippen LogP contribution in [-0.4, -0.2) is 79.5 Å². The molecule has 5 atom stereocenters. The monoisotopic (exact) mass is 801 g/mol. The molecule has 11 nitrogen and oxygen atoms in total. The second-order valence-electron chi connectivity index (χ2n) is 16.6. The van der Waals surface area contributed by atoms with Gasteiger partial charge in [-0.25, -0.2) is 0 Å². The fourth-order valence-corrected chi connectivity index (χ4v) is 9.14. The largest absolute Gasteiger partial charge is 0.494 e. The maximum atomic E-state index is 14.0. The molecule has 1 aromatic rings. The Bertz CT molecular complexity index is 1300. The van der Waals surface area contributed by atoms with E-state index >= 15 is 0 Å². The number of hydrogen-bond donors (Lipinski definition) is 5. The molecule has 0 aliphatic heterocycles. The van der Waals surface area contributed by atoms with E-state index in [1.807, 2.05) is 34.6 Å². The number of carbonyl (C=O) groups excluding carboxylic acids is 3. The highest BCUT2D eigenvalue weighted by atomic mass is 33.1. The van der Waals surface area contributed by atoms with Crippen LogP contribution in [0, 0.1) is 0 Å². The number of nitrogens with one attached hydrogen (secondary N) is 2. The van der Waals surface area contributed by atoms with Gasteiger partial charge in [0.2, 0.25) is 11.8 Å².